The first-order valence-electron chi connectivity index (χ1n) is 4.73. The molecule has 80 valence electrons. The third-order valence-corrected chi connectivity index (χ3v) is 3.98. The summed E-state index contributed by atoms with van der Waals surface area (Å²) in [7, 11) is -2.93. The first kappa shape index (κ1) is 12.9. The molecular weight excluding hydrogens is 186 g/mol. The van der Waals surface area contributed by atoms with Gasteiger partial charge in [-0.1, -0.05) is 20.8 Å². The molecule has 13 heavy (non-hydrogen) atoms. The molecule has 0 aromatic heterocycles. The minimum absolute atomic E-state index is 0.0556. The maximum Gasteiger partial charge on any atom is 0.151 e. The van der Waals surface area contributed by atoms with Gasteiger partial charge in [0.25, 0.3) is 0 Å². The third kappa shape index (κ3) is 4.09. The zero-order valence-corrected chi connectivity index (χ0v) is 9.98. The van der Waals surface area contributed by atoms with E-state index in [2.05, 4.69) is 5.32 Å². The van der Waals surface area contributed by atoms with E-state index in [9.17, 15) is 8.42 Å². The Morgan fingerprint density at radius 1 is 1.23 bits per heavy atom. The van der Waals surface area contributed by atoms with Crippen molar-refractivity contribution >= 4 is 9.84 Å². The van der Waals surface area contributed by atoms with Crippen LogP contribution in [0.2, 0.25) is 0 Å². The summed E-state index contributed by atoms with van der Waals surface area (Å²) in [6.45, 7) is 8.64. The summed E-state index contributed by atoms with van der Waals surface area (Å²) in [6, 6.07) is 0.0556. The fourth-order valence-electron chi connectivity index (χ4n) is 1.45. The molecule has 0 aliphatic carbocycles. The number of hydrogen-bond donors (Lipinski definition) is 1. The fourth-order valence-corrected chi connectivity index (χ4v) is 2.39. The van der Waals surface area contributed by atoms with Crippen LogP contribution < -0.4 is 5.32 Å². The van der Waals surface area contributed by atoms with Crippen molar-refractivity contribution in [1.82, 2.24) is 5.32 Å². The Morgan fingerprint density at radius 2 is 1.69 bits per heavy atom. The van der Waals surface area contributed by atoms with Gasteiger partial charge in [-0.3, -0.25) is 0 Å². The van der Waals surface area contributed by atoms with Gasteiger partial charge < -0.3 is 5.32 Å². The van der Waals surface area contributed by atoms with E-state index < -0.39 is 9.84 Å². The molecule has 1 N–H and O–H groups in total. The van der Waals surface area contributed by atoms with Crippen LogP contribution >= 0.6 is 0 Å². The van der Waals surface area contributed by atoms with Crippen molar-refractivity contribution in [2.24, 2.45) is 5.92 Å². The lowest BCUT2D eigenvalue weighted by atomic mass is 10.0. The SMILES string of the molecule is CCNC(C(C)C)C(C)S(C)(=O)=O. The predicted molar refractivity (Wildman–Crippen MR) is 56.6 cm³/mol. The molecule has 0 heterocycles. The molecule has 0 spiro atoms. The molecule has 0 aromatic rings. The largest absolute Gasteiger partial charge is 0.313 e. The quantitative estimate of drug-likeness (QED) is 0.733. The Balaban J connectivity index is 4.56. The van der Waals surface area contributed by atoms with Gasteiger partial charge in [-0.25, -0.2) is 8.42 Å². The summed E-state index contributed by atoms with van der Waals surface area (Å²) >= 11 is 0. The molecule has 0 rings (SSSR count). The monoisotopic (exact) mass is 207 g/mol. The van der Waals surface area contributed by atoms with E-state index in [-0.39, 0.29) is 11.3 Å². The molecule has 4 heteroatoms. The van der Waals surface area contributed by atoms with Crippen LogP contribution in [0.4, 0.5) is 0 Å². The van der Waals surface area contributed by atoms with Crippen molar-refractivity contribution in [1.29, 1.82) is 0 Å². The Kier molecular flexibility index (Phi) is 4.92. The van der Waals surface area contributed by atoms with E-state index in [0.717, 1.165) is 6.54 Å². The minimum Gasteiger partial charge on any atom is -0.313 e. The second-order valence-electron chi connectivity index (χ2n) is 3.86. The van der Waals surface area contributed by atoms with Gasteiger partial charge in [-0.15, -0.1) is 0 Å². The molecule has 0 radical (unpaired) electrons. The summed E-state index contributed by atoms with van der Waals surface area (Å²) < 4.78 is 22.6. The van der Waals surface area contributed by atoms with Gasteiger partial charge in [-0.05, 0) is 19.4 Å². The molecule has 0 aliphatic heterocycles. The standard InChI is InChI=1S/C9H21NO2S/c1-6-10-9(7(2)3)8(4)13(5,11)12/h7-10H,6H2,1-5H3. The van der Waals surface area contributed by atoms with E-state index in [1.807, 2.05) is 20.8 Å². The van der Waals surface area contributed by atoms with Crippen LogP contribution in [0.15, 0.2) is 0 Å². The lowest BCUT2D eigenvalue weighted by Crippen LogP contribution is -2.45. The van der Waals surface area contributed by atoms with Crippen molar-refractivity contribution in [3.8, 4) is 0 Å². The maximum atomic E-state index is 11.3. The van der Waals surface area contributed by atoms with E-state index in [4.69, 9.17) is 0 Å². The van der Waals surface area contributed by atoms with E-state index >= 15 is 0 Å². The molecule has 0 saturated heterocycles. The molecule has 0 aliphatic rings. The summed E-state index contributed by atoms with van der Waals surface area (Å²) in [5.41, 5.74) is 0. The predicted octanol–water partition coefficient (Wildman–Crippen LogP) is 1.05. The number of sulfone groups is 1. The Hall–Kier alpha value is -0.0900. The normalized spacial score (nSPS) is 17.4. The second-order valence-corrected chi connectivity index (χ2v) is 6.26. The highest BCUT2D eigenvalue weighted by Gasteiger charge is 2.27. The molecular formula is C9H21NO2S. The van der Waals surface area contributed by atoms with Crippen molar-refractivity contribution < 1.29 is 8.42 Å². The third-order valence-electron chi connectivity index (χ3n) is 2.34. The molecule has 2 unspecified atom stereocenters. The topological polar surface area (TPSA) is 46.2 Å². The number of hydrogen-bond acceptors (Lipinski definition) is 3. The highest BCUT2D eigenvalue weighted by Crippen LogP contribution is 2.12. The molecule has 2 atom stereocenters. The van der Waals surface area contributed by atoms with Crippen LogP contribution in [0.5, 0.6) is 0 Å². The number of nitrogens with one attached hydrogen (secondary N) is 1. The van der Waals surface area contributed by atoms with Gasteiger partial charge in [-0.2, -0.15) is 0 Å². The van der Waals surface area contributed by atoms with Crippen molar-refractivity contribution in [3.05, 3.63) is 0 Å². The zero-order valence-electron chi connectivity index (χ0n) is 9.16. The molecule has 0 fully saturated rings. The number of rotatable bonds is 5. The molecule has 0 bridgehead atoms. The zero-order chi connectivity index (χ0) is 10.6. The second kappa shape index (κ2) is 4.96. The van der Waals surface area contributed by atoms with Crippen LogP contribution in [0.25, 0.3) is 0 Å². The summed E-state index contributed by atoms with van der Waals surface area (Å²) in [5, 5.41) is 2.90. The van der Waals surface area contributed by atoms with Crippen LogP contribution in [-0.4, -0.2) is 32.5 Å². The summed E-state index contributed by atoms with van der Waals surface area (Å²) in [4.78, 5) is 0. The Bertz CT molecular complexity index is 234. The van der Waals surface area contributed by atoms with Gasteiger partial charge in [0.2, 0.25) is 0 Å². The van der Waals surface area contributed by atoms with Crippen LogP contribution in [0.3, 0.4) is 0 Å². The van der Waals surface area contributed by atoms with Gasteiger partial charge in [0.1, 0.15) is 0 Å². The Morgan fingerprint density at radius 3 is 1.92 bits per heavy atom. The van der Waals surface area contributed by atoms with Crippen LogP contribution in [0.1, 0.15) is 27.7 Å². The maximum absolute atomic E-state index is 11.3. The highest BCUT2D eigenvalue weighted by molar-refractivity contribution is 7.91. The Labute approximate surface area is 81.8 Å². The minimum atomic E-state index is -2.93. The van der Waals surface area contributed by atoms with Gasteiger partial charge in [0, 0.05) is 12.3 Å². The van der Waals surface area contributed by atoms with Crippen molar-refractivity contribution in [2.45, 2.75) is 39.0 Å². The molecule has 0 amide bonds. The van der Waals surface area contributed by atoms with Gasteiger partial charge in [0.15, 0.2) is 9.84 Å². The fraction of sp³-hybridized carbons (Fsp3) is 1.00. The summed E-state index contributed by atoms with van der Waals surface area (Å²) in [6.07, 6.45) is 1.30. The van der Waals surface area contributed by atoms with E-state index in [1.54, 1.807) is 6.92 Å². The van der Waals surface area contributed by atoms with Gasteiger partial charge in [0.05, 0.1) is 5.25 Å². The van der Waals surface area contributed by atoms with E-state index in [0.29, 0.717) is 5.92 Å². The first-order chi connectivity index (χ1) is 5.80. The van der Waals surface area contributed by atoms with Gasteiger partial charge >= 0.3 is 0 Å². The molecule has 0 aromatic carbocycles. The van der Waals surface area contributed by atoms with E-state index in [1.165, 1.54) is 6.26 Å². The average Bonchev–Trinajstić information content (AvgIpc) is 1.96. The first-order valence-corrected chi connectivity index (χ1v) is 6.68. The van der Waals surface area contributed by atoms with Crippen LogP contribution in [0, 0.1) is 5.92 Å². The smallest absolute Gasteiger partial charge is 0.151 e. The average molecular weight is 207 g/mol. The highest BCUT2D eigenvalue weighted by atomic mass is 32.2. The molecule has 3 nitrogen and oxygen atoms in total. The summed E-state index contributed by atoms with van der Waals surface area (Å²) in [5.74, 6) is 0.338. The lowest BCUT2D eigenvalue weighted by Gasteiger charge is -2.26. The molecule has 0 saturated carbocycles. The van der Waals surface area contributed by atoms with Crippen LogP contribution in [-0.2, 0) is 9.84 Å². The lowest BCUT2D eigenvalue weighted by molar-refractivity contribution is 0.395. The van der Waals surface area contributed by atoms with Crippen molar-refractivity contribution in [2.75, 3.05) is 12.8 Å². The van der Waals surface area contributed by atoms with Crippen molar-refractivity contribution in [3.63, 3.8) is 0 Å².